The Morgan fingerprint density at radius 3 is 2.30 bits per heavy atom. The Morgan fingerprint density at radius 1 is 1.00 bits per heavy atom. The normalized spacial score (nSPS) is 15.1. The maximum absolute atomic E-state index is 12.5. The predicted molar refractivity (Wildman–Crippen MR) is 112 cm³/mol. The van der Waals surface area contributed by atoms with Crippen molar-refractivity contribution in [2.24, 2.45) is 14.1 Å². The second-order valence-electron chi connectivity index (χ2n) is 7.42. The molecule has 0 N–H and O–H groups in total. The lowest BCUT2D eigenvalue weighted by Crippen LogP contribution is -2.47. The first-order valence-electron chi connectivity index (χ1n) is 9.69. The second kappa shape index (κ2) is 7.75. The minimum Gasteiger partial charge on any atom is -0.369 e. The summed E-state index contributed by atoms with van der Waals surface area (Å²) in [7, 11) is 3.08. The molecule has 1 aliphatic rings. The molecule has 1 saturated heterocycles. The largest absolute Gasteiger partial charge is 0.369 e. The lowest BCUT2D eigenvalue weighted by molar-refractivity contribution is -0.384. The minimum atomic E-state index is -0.396. The molecular weight excluding hydrogens is 390 g/mol. The summed E-state index contributed by atoms with van der Waals surface area (Å²) in [5.41, 5.74) is 1.17. The first-order valence-corrected chi connectivity index (χ1v) is 9.69. The van der Waals surface area contributed by atoms with E-state index in [-0.39, 0.29) is 16.9 Å². The number of fused-ring (bicyclic) bond motifs is 1. The highest BCUT2D eigenvalue weighted by Gasteiger charge is 2.19. The first kappa shape index (κ1) is 19.8. The molecule has 2 aromatic heterocycles. The van der Waals surface area contributed by atoms with Crippen LogP contribution in [0.4, 0.5) is 11.4 Å². The number of nitro benzene ring substituents is 1. The number of aryl methyl sites for hydroxylation is 1. The molecular formula is C19H23N7O4. The van der Waals surface area contributed by atoms with Crippen molar-refractivity contribution in [1.82, 2.24) is 23.6 Å². The molecule has 11 heteroatoms. The van der Waals surface area contributed by atoms with Crippen LogP contribution in [-0.2, 0) is 20.6 Å². The standard InChI is InChI=1S/C19H23N7O4/c1-21-17-16(18(27)22(2)19(21)28)25(13-20-17)12-9-23-7-10-24(11-8-23)14-3-5-15(6-4-14)26(29)30/h3-6,13H,7-12H2,1-2H3. The van der Waals surface area contributed by atoms with Crippen LogP contribution in [0.1, 0.15) is 0 Å². The van der Waals surface area contributed by atoms with Gasteiger partial charge in [-0.2, -0.15) is 0 Å². The van der Waals surface area contributed by atoms with Gasteiger partial charge in [0.15, 0.2) is 11.2 Å². The smallest absolute Gasteiger partial charge is 0.332 e. The topological polar surface area (TPSA) is 111 Å². The second-order valence-corrected chi connectivity index (χ2v) is 7.42. The van der Waals surface area contributed by atoms with Crippen LogP contribution in [0, 0.1) is 10.1 Å². The molecule has 0 aliphatic carbocycles. The van der Waals surface area contributed by atoms with Gasteiger partial charge in [0, 0.05) is 71.2 Å². The maximum atomic E-state index is 12.5. The summed E-state index contributed by atoms with van der Waals surface area (Å²) < 4.78 is 4.29. The lowest BCUT2D eigenvalue weighted by Gasteiger charge is -2.36. The predicted octanol–water partition coefficient (Wildman–Crippen LogP) is 0.164. The summed E-state index contributed by atoms with van der Waals surface area (Å²) in [6, 6.07) is 6.62. The monoisotopic (exact) mass is 413 g/mol. The van der Waals surface area contributed by atoms with Gasteiger partial charge in [-0.05, 0) is 12.1 Å². The molecule has 0 radical (unpaired) electrons. The number of anilines is 1. The van der Waals surface area contributed by atoms with Crippen LogP contribution in [0.15, 0.2) is 40.2 Å². The third kappa shape index (κ3) is 3.47. The number of hydrogen-bond acceptors (Lipinski definition) is 7. The molecule has 0 amide bonds. The Bertz CT molecular complexity index is 1200. The highest BCUT2D eigenvalue weighted by atomic mass is 16.6. The molecule has 0 bridgehead atoms. The van der Waals surface area contributed by atoms with Crippen molar-refractivity contribution in [3.8, 4) is 0 Å². The zero-order valence-corrected chi connectivity index (χ0v) is 16.9. The zero-order chi connectivity index (χ0) is 21.4. The van der Waals surface area contributed by atoms with Crippen molar-refractivity contribution >= 4 is 22.5 Å². The highest BCUT2D eigenvalue weighted by Crippen LogP contribution is 2.20. The number of piperazine rings is 1. The number of hydrogen-bond donors (Lipinski definition) is 0. The Balaban J connectivity index is 1.40. The summed E-state index contributed by atoms with van der Waals surface area (Å²) >= 11 is 0. The molecule has 4 rings (SSSR count). The van der Waals surface area contributed by atoms with E-state index in [2.05, 4.69) is 14.8 Å². The Labute approximate surface area is 171 Å². The number of nitrogens with zero attached hydrogens (tertiary/aromatic N) is 7. The summed E-state index contributed by atoms with van der Waals surface area (Å²) in [4.78, 5) is 43.7. The zero-order valence-electron chi connectivity index (χ0n) is 16.9. The fraction of sp³-hybridized carbons (Fsp3) is 0.421. The average Bonchev–Trinajstić information content (AvgIpc) is 3.19. The summed E-state index contributed by atoms with van der Waals surface area (Å²) in [5, 5.41) is 10.8. The quantitative estimate of drug-likeness (QED) is 0.433. The van der Waals surface area contributed by atoms with E-state index < -0.39 is 4.92 Å². The maximum Gasteiger partial charge on any atom is 0.332 e. The van der Waals surface area contributed by atoms with Crippen molar-refractivity contribution in [3.05, 3.63) is 61.5 Å². The van der Waals surface area contributed by atoms with E-state index in [9.17, 15) is 19.7 Å². The van der Waals surface area contributed by atoms with Crippen LogP contribution in [0.25, 0.3) is 11.2 Å². The van der Waals surface area contributed by atoms with Gasteiger partial charge in [0.2, 0.25) is 0 Å². The van der Waals surface area contributed by atoms with E-state index in [0.29, 0.717) is 17.7 Å². The van der Waals surface area contributed by atoms with Crippen LogP contribution >= 0.6 is 0 Å². The summed E-state index contributed by atoms with van der Waals surface area (Å²) in [5.74, 6) is 0. The van der Waals surface area contributed by atoms with Gasteiger partial charge in [0.1, 0.15) is 0 Å². The van der Waals surface area contributed by atoms with Crippen molar-refractivity contribution in [3.63, 3.8) is 0 Å². The summed E-state index contributed by atoms with van der Waals surface area (Å²) in [6.45, 7) is 4.69. The Hall–Kier alpha value is -3.47. The lowest BCUT2D eigenvalue weighted by atomic mass is 10.2. The van der Waals surface area contributed by atoms with Crippen molar-refractivity contribution in [2.45, 2.75) is 6.54 Å². The molecule has 11 nitrogen and oxygen atoms in total. The SMILES string of the molecule is Cn1c(=O)c2c(ncn2CCN2CCN(c3ccc([N+](=O)[O-])cc3)CC2)n(C)c1=O. The van der Waals surface area contributed by atoms with E-state index in [4.69, 9.17) is 0 Å². The number of rotatable bonds is 5. The van der Waals surface area contributed by atoms with Crippen molar-refractivity contribution in [2.75, 3.05) is 37.6 Å². The molecule has 0 unspecified atom stereocenters. The van der Waals surface area contributed by atoms with Crippen LogP contribution < -0.4 is 16.1 Å². The van der Waals surface area contributed by atoms with Gasteiger partial charge in [-0.3, -0.25) is 28.9 Å². The van der Waals surface area contributed by atoms with Gasteiger partial charge >= 0.3 is 5.69 Å². The van der Waals surface area contributed by atoms with E-state index in [1.54, 1.807) is 30.1 Å². The molecule has 3 aromatic rings. The number of non-ortho nitro benzene ring substituents is 1. The van der Waals surface area contributed by atoms with Gasteiger partial charge in [-0.15, -0.1) is 0 Å². The fourth-order valence-electron chi connectivity index (χ4n) is 3.83. The number of aromatic nitrogens is 4. The molecule has 1 fully saturated rings. The van der Waals surface area contributed by atoms with Crippen LogP contribution in [0.2, 0.25) is 0 Å². The third-order valence-corrected chi connectivity index (χ3v) is 5.67. The van der Waals surface area contributed by atoms with Gasteiger partial charge < -0.3 is 9.47 Å². The number of imidazole rings is 1. The van der Waals surface area contributed by atoms with Crippen LogP contribution in [0.3, 0.4) is 0 Å². The van der Waals surface area contributed by atoms with Gasteiger partial charge in [0.05, 0.1) is 11.3 Å². The van der Waals surface area contributed by atoms with Crippen molar-refractivity contribution in [1.29, 1.82) is 0 Å². The van der Waals surface area contributed by atoms with Gasteiger partial charge in [-0.1, -0.05) is 0 Å². The first-order chi connectivity index (χ1) is 14.4. The van der Waals surface area contributed by atoms with E-state index >= 15 is 0 Å². The molecule has 3 heterocycles. The van der Waals surface area contributed by atoms with Crippen LogP contribution in [0.5, 0.6) is 0 Å². The molecule has 158 valence electrons. The van der Waals surface area contributed by atoms with Gasteiger partial charge in [0.25, 0.3) is 11.2 Å². The molecule has 30 heavy (non-hydrogen) atoms. The van der Waals surface area contributed by atoms with Gasteiger partial charge in [-0.25, -0.2) is 9.78 Å². The minimum absolute atomic E-state index is 0.0913. The summed E-state index contributed by atoms with van der Waals surface area (Å²) in [6.07, 6.45) is 1.61. The average molecular weight is 413 g/mol. The van der Waals surface area contributed by atoms with E-state index in [1.807, 2.05) is 0 Å². The van der Waals surface area contributed by atoms with Crippen LogP contribution in [-0.4, -0.2) is 61.2 Å². The fourth-order valence-corrected chi connectivity index (χ4v) is 3.83. The van der Waals surface area contributed by atoms with E-state index in [0.717, 1.165) is 43.0 Å². The molecule has 0 spiro atoms. The number of nitro groups is 1. The molecule has 0 atom stereocenters. The molecule has 1 aromatic carbocycles. The third-order valence-electron chi connectivity index (χ3n) is 5.67. The Kier molecular flexibility index (Phi) is 5.12. The molecule has 0 saturated carbocycles. The van der Waals surface area contributed by atoms with Crippen molar-refractivity contribution < 1.29 is 4.92 Å². The Morgan fingerprint density at radius 2 is 1.67 bits per heavy atom. The molecule has 1 aliphatic heterocycles. The number of benzene rings is 1. The highest BCUT2D eigenvalue weighted by molar-refractivity contribution is 5.69. The van der Waals surface area contributed by atoms with E-state index in [1.165, 1.54) is 23.7 Å².